The summed E-state index contributed by atoms with van der Waals surface area (Å²) in [6.07, 6.45) is 3.89. The summed E-state index contributed by atoms with van der Waals surface area (Å²) in [6, 6.07) is 7.77. The largest absolute Gasteiger partial charge is 0.314 e. The smallest absolute Gasteiger partial charge is 0.247 e. The van der Waals surface area contributed by atoms with E-state index in [9.17, 15) is 4.79 Å². The highest BCUT2D eigenvalue weighted by Crippen LogP contribution is 2.15. The van der Waals surface area contributed by atoms with E-state index in [1.54, 1.807) is 4.90 Å². The second-order valence-electron chi connectivity index (χ2n) is 4.05. The molecule has 1 aliphatic rings. The number of halogens is 1. The van der Waals surface area contributed by atoms with Gasteiger partial charge in [-0.15, -0.1) is 12.4 Å². The Morgan fingerprint density at radius 1 is 1.47 bits per heavy atom. The molecule has 4 heteroatoms. The molecule has 0 saturated carbocycles. The zero-order valence-corrected chi connectivity index (χ0v) is 10.8. The second kappa shape index (κ2) is 5.84. The highest BCUT2D eigenvalue weighted by Gasteiger charge is 2.21. The molecular formula is C13H17ClN2O. The molecule has 0 fully saturated rings. The monoisotopic (exact) mass is 252 g/mol. The zero-order valence-electron chi connectivity index (χ0n) is 10.0. The van der Waals surface area contributed by atoms with Crippen LogP contribution in [0.5, 0.6) is 0 Å². The quantitative estimate of drug-likeness (QED) is 0.816. The molecule has 0 saturated heterocycles. The van der Waals surface area contributed by atoms with Gasteiger partial charge in [-0.05, 0) is 24.6 Å². The average Bonchev–Trinajstić information content (AvgIpc) is 2.80. The van der Waals surface area contributed by atoms with Crippen molar-refractivity contribution in [2.24, 2.45) is 0 Å². The number of carbonyl (C=O) groups is 1. The Bertz CT molecular complexity index is 431. The summed E-state index contributed by atoms with van der Waals surface area (Å²) in [4.78, 5) is 13.8. The van der Waals surface area contributed by atoms with E-state index in [-0.39, 0.29) is 24.4 Å². The predicted octanol–water partition coefficient (Wildman–Crippen LogP) is 1.91. The number of benzene rings is 1. The molecule has 1 heterocycles. The molecule has 1 unspecified atom stereocenters. The zero-order chi connectivity index (χ0) is 11.5. The first-order valence-corrected chi connectivity index (χ1v) is 5.43. The van der Waals surface area contributed by atoms with E-state index in [2.05, 4.69) is 5.32 Å². The maximum Gasteiger partial charge on any atom is 0.247 e. The van der Waals surface area contributed by atoms with Crippen molar-refractivity contribution in [3.8, 4) is 0 Å². The fourth-order valence-corrected chi connectivity index (χ4v) is 1.81. The van der Waals surface area contributed by atoms with Crippen LogP contribution in [-0.2, 0) is 4.79 Å². The molecule has 3 nitrogen and oxygen atoms in total. The van der Waals surface area contributed by atoms with E-state index in [0.29, 0.717) is 0 Å². The highest BCUT2D eigenvalue weighted by molar-refractivity contribution is 5.98. The Labute approximate surface area is 108 Å². The third-order valence-electron chi connectivity index (χ3n) is 2.77. The molecule has 1 aliphatic heterocycles. The maximum absolute atomic E-state index is 12.1. The third kappa shape index (κ3) is 3.08. The standard InChI is InChI=1S/C13H16N2O.ClH/c1-10-5-3-6-11(9-10)15(2)13(16)12-7-4-8-14-12;/h3-7,9,12,14H,8H2,1-2H3;1H. The lowest BCUT2D eigenvalue weighted by molar-refractivity contribution is -0.119. The summed E-state index contributed by atoms with van der Waals surface area (Å²) in [6.45, 7) is 2.80. The topological polar surface area (TPSA) is 32.3 Å². The van der Waals surface area contributed by atoms with Gasteiger partial charge in [-0.2, -0.15) is 0 Å². The van der Waals surface area contributed by atoms with Crippen molar-refractivity contribution in [1.29, 1.82) is 0 Å². The molecule has 92 valence electrons. The summed E-state index contributed by atoms with van der Waals surface area (Å²) in [5, 5.41) is 3.12. The number of amides is 1. The Morgan fingerprint density at radius 2 is 2.24 bits per heavy atom. The van der Waals surface area contributed by atoms with Crippen LogP contribution in [0.4, 0.5) is 5.69 Å². The molecule has 0 spiro atoms. The van der Waals surface area contributed by atoms with Crippen molar-refractivity contribution in [3.63, 3.8) is 0 Å². The van der Waals surface area contributed by atoms with Gasteiger partial charge >= 0.3 is 0 Å². The van der Waals surface area contributed by atoms with Gasteiger partial charge in [0.1, 0.15) is 6.04 Å². The van der Waals surface area contributed by atoms with Crippen LogP contribution in [0.1, 0.15) is 5.56 Å². The molecule has 0 aromatic heterocycles. The lowest BCUT2D eigenvalue weighted by atomic mass is 10.2. The second-order valence-corrected chi connectivity index (χ2v) is 4.05. The number of carbonyl (C=O) groups excluding carboxylic acids is 1. The molecule has 1 aromatic carbocycles. The highest BCUT2D eigenvalue weighted by atomic mass is 35.5. The minimum Gasteiger partial charge on any atom is -0.314 e. The molecule has 2 rings (SSSR count). The van der Waals surface area contributed by atoms with Gasteiger partial charge in [-0.25, -0.2) is 0 Å². The minimum atomic E-state index is -0.175. The normalized spacial score (nSPS) is 17.6. The molecule has 1 aromatic rings. The number of hydrogen-bond donors (Lipinski definition) is 1. The maximum atomic E-state index is 12.1. The van der Waals surface area contributed by atoms with E-state index in [4.69, 9.17) is 0 Å². The van der Waals surface area contributed by atoms with Crippen LogP contribution in [-0.4, -0.2) is 25.5 Å². The van der Waals surface area contributed by atoms with Gasteiger partial charge in [-0.1, -0.05) is 24.3 Å². The van der Waals surface area contributed by atoms with Gasteiger partial charge < -0.3 is 4.90 Å². The lowest BCUT2D eigenvalue weighted by Crippen LogP contribution is -2.41. The molecule has 0 aliphatic carbocycles. The molecule has 17 heavy (non-hydrogen) atoms. The lowest BCUT2D eigenvalue weighted by Gasteiger charge is -2.21. The van der Waals surface area contributed by atoms with Gasteiger partial charge in [0.2, 0.25) is 5.91 Å². The van der Waals surface area contributed by atoms with Gasteiger partial charge in [0, 0.05) is 19.3 Å². The van der Waals surface area contributed by atoms with Crippen LogP contribution in [0.15, 0.2) is 36.4 Å². The van der Waals surface area contributed by atoms with E-state index in [0.717, 1.165) is 17.8 Å². The molecule has 1 atom stereocenters. The summed E-state index contributed by atoms with van der Waals surface area (Å²) in [5.74, 6) is 0.0827. The van der Waals surface area contributed by atoms with Crippen molar-refractivity contribution >= 4 is 24.0 Å². The Morgan fingerprint density at radius 3 is 2.82 bits per heavy atom. The van der Waals surface area contributed by atoms with Crippen molar-refractivity contribution in [2.45, 2.75) is 13.0 Å². The number of nitrogens with zero attached hydrogens (tertiary/aromatic N) is 1. The number of likely N-dealkylation sites (N-methyl/N-ethyl adjacent to an activating group) is 1. The fourth-order valence-electron chi connectivity index (χ4n) is 1.81. The fraction of sp³-hybridized carbons (Fsp3) is 0.308. The number of nitrogens with one attached hydrogen (secondary N) is 1. The van der Waals surface area contributed by atoms with E-state index >= 15 is 0 Å². The Balaban J connectivity index is 0.00000144. The summed E-state index contributed by atoms with van der Waals surface area (Å²) in [5.41, 5.74) is 2.10. The van der Waals surface area contributed by atoms with Gasteiger partial charge in [-0.3, -0.25) is 10.1 Å². The van der Waals surface area contributed by atoms with Crippen LogP contribution in [0.25, 0.3) is 0 Å². The van der Waals surface area contributed by atoms with Crippen LogP contribution in [0.3, 0.4) is 0 Å². The molecule has 1 N–H and O–H groups in total. The van der Waals surface area contributed by atoms with Crippen molar-refractivity contribution in [1.82, 2.24) is 5.32 Å². The van der Waals surface area contributed by atoms with Gasteiger partial charge in [0.25, 0.3) is 0 Å². The SMILES string of the molecule is Cc1cccc(N(C)C(=O)C2C=CCN2)c1.Cl. The first-order chi connectivity index (χ1) is 7.68. The van der Waals surface area contributed by atoms with Crippen molar-refractivity contribution in [3.05, 3.63) is 42.0 Å². The van der Waals surface area contributed by atoms with E-state index in [1.165, 1.54) is 0 Å². The minimum absolute atomic E-state index is 0. The average molecular weight is 253 g/mol. The van der Waals surface area contributed by atoms with E-state index < -0.39 is 0 Å². The summed E-state index contributed by atoms with van der Waals surface area (Å²) >= 11 is 0. The first kappa shape index (κ1) is 13.7. The van der Waals surface area contributed by atoms with Crippen LogP contribution in [0.2, 0.25) is 0 Å². The molecular weight excluding hydrogens is 236 g/mol. The molecule has 0 bridgehead atoms. The van der Waals surface area contributed by atoms with Crippen LogP contribution >= 0.6 is 12.4 Å². The van der Waals surface area contributed by atoms with Gasteiger partial charge in [0.15, 0.2) is 0 Å². The van der Waals surface area contributed by atoms with Gasteiger partial charge in [0.05, 0.1) is 0 Å². The summed E-state index contributed by atoms with van der Waals surface area (Å²) < 4.78 is 0. The Kier molecular flexibility index (Phi) is 4.73. The van der Waals surface area contributed by atoms with Crippen molar-refractivity contribution in [2.75, 3.05) is 18.5 Å². The third-order valence-corrected chi connectivity index (χ3v) is 2.77. The molecule has 0 radical (unpaired) electrons. The number of hydrogen-bond acceptors (Lipinski definition) is 2. The van der Waals surface area contributed by atoms with Crippen LogP contribution in [0, 0.1) is 6.92 Å². The number of aryl methyl sites for hydroxylation is 1. The number of anilines is 1. The Hall–Kier alpha value is -1.32. The first-order valence-electron chi connectivity index (χ1n) is 5.43. The van der Waals surface area contributed by atoms with E-state index in [1.807, 2.05) is 50.4 Å². The number of rotatable bonds is 2. The summed E-state index contributed by atoms with van der Waals surface area (Å²) in [7, 11) is 1.81. The molecule has 1 amide bonds. The van der Waals surface area contributed by atoms with Crippen molar-refractivity contribution < 1.29 is 4.79 Å². The van der Waals surface area contributed by atoms with Crippen LogP contribution < -0.4 is 10.2 Å². The predicted molar refractivity (Wildman–Crippen MR) is 72.8 cm³/mol.